The normalized spacial score (nSPS) is 19.6. The fourth-order valence-electron chi connectivity index (χ4n) is 3.85. The third kappa shape index (κ3) is 3.81. The van der Waals surface area contributed by atoms with Crippen molar-refractivity contribution in [3.63, 3.8) is 0 Å². The molecule has 8 nitrogen and oxygen atoms in total. The van der Waals surface area contributed by atoms with Gasteiger partial charge < -0.3 is 4.90 Å². The standard InChI is InChI=1S/C18H21F2N7O.ClH/c1-10-4-5-26(17(28)13-7-25(3)24-11(13)2)8-12(10)15-6-14(16(19)20)23-18-21-9-22-27(15)18;/h6-7,9-10,12,16H,4-5,8H2,1-3H3;1H/t10-,12-;/m1./s1. The van der Waals surface area contributed by atoms with Crippen LogP contribution >= 0.6 is 12.4 Å². The van der Waals surface area contributed by atoms with E-state index in [-0.39, 0.29) is 41.6 Å². The summed E-state index contributed by atoms with van der Waals surface area (Å²) in [6.07, 6.45) is 1.08. The molecule has 0 bridgehead atoms. The third-order valence-corrected chi connectivity index (χ3v) is 5.39. The van der Waals surface area contributed by atoms with Crippen molar-refractivity contribution < 1.29 is 13.6 Å². The van der Waals surface area contributed by atoms with Gasteiger partial charge in [-0.3, -0.25) is 9.48 Å². The molecule has 0 N–H and O–H groups in total. The van der Waals surface area contributed by atoms with Gasteiger partial charge in [0.2, 0.25) is 0 Å². The number of amides is 1. The number of halogens is 3. The second-order valence-corrected chi connectivity index (χ2v) is 7.30. The lowest BCUT2D eigenvalue weighted by Gasteiger charge is -2.37. The van der Waals surface area contributed by atoms with Gasteiger partial charge in [-0.15, -0.1) is 12.4 Å². The number of carbonyl (C=O) groups excluding carboxylic acids is 1. The number of hydrogen-bond acceptors (Lipinski definition) is 5. The van der Waals surface area contributed by atoms with Gasteiger partial charge in [-0.05, 0) is 25.3 Å². The number of hydrogen-bond donors (Lipinski definition) is 0. The summed E-state index contributed by atoms with van der Waals surface area (Å²) in [6.45, 7) is 4.88. The molecule has 1 aliphatic rings. The summed E-state index contributed by atoms with van der Waals surface area (Å²) in [7, 11) is 1.77. The molecule has 1 fully saturated rings. The van der Waals surface area contributed by atoms with E-state index in [4.69, 9.17) is 0 Å². The molecule has 0 spiro atoms. The molecule has 0 unspecified atom stereocenters. The Balaban J connectivity index is 0.00000240. The molecule has 0 aromatic carbocycles. The van der Waals surface area contributed by atoms with Gasteiger partial charge in [0.05, 0.1) is 17.0 Å². The molecule has 3 aromatic heterocycles. The zero-order valence-electron chi connectivity index (χ0n) is 16.3. The molecule has 1 saturated heterocycles. The van der Waals surface area contributed by atoms with E-state index in [9.17, 15) is 13.6 Å². The predicted octanol–water partition coefficient (Wildman–Crippen LogP) is 2.79. The molecule has 0 aliphatic carbocycles. The Morgan fingerprint density at radius 2 is 2.10 bits per heavy atom. The average Bonchev–Trinajstić information content (AvgIpc) is 3.26. The lowest BCUT2D eigenvalue weighted by molar-refractivity contribution is 0.0664. The molecule has 3 aromatic rings. The fraction of sp³-hybridized carbons (Fsp3) is 0.500. The summed E-state index contributed by atoms with van der Waals surface area (Å²) in [5, 5.41) is 8.39. The maximum atomic E-state index is 13.3. The quantitative estimate of drug-likeness (QED) is 0.644. The van der Waals surface area contributed by atoms with E-state index >= 15 is 0 Å². The highest BCUT2D eigenvalue weighted by Gasteiger charge is 2.34. The van der Waals surface area contributed by atoms with Crippen molar-refractivity contribution in [2.45, 2.75) is 32.6 Å². The van der Waals surface area contributed by atoms with Crippen LogP contribution in [0.2, 0.25) is 0 Å². The van der Waals surface area contributed by atoms with Gasteiger partial charge in [-0.2, -0.15) is 15.2 Å². The predicted molar refractivity (Wildman–Crippen MR) is 103 cm³/mol. The molecule has 4 rings (SSSR count). The number of aromatic nitrogens is 6. The zero-order chi connectivity index (χ0) is 20.0. The smallest absolute Gasteiger partial charge is 0.280 e. The van der Waals surface area contributed by atoms with Crippen LogP contribution in [0.1, 0.15) is 53.1 Å². The van der Waals surface area contributed by atoms with Crippen LogP contribution in [0, 0.1) is 12.8 Å². The van der Waals surface area contributed by atoms with E-state index in [2.05, 4.69) is 27.1 Å². The van der Waals surface area contributed by atoms with Crippen LogP contribution in [0.3, 0.4) is 0 Å². The van der Waals surface area contributed by atoms with Crippen molar-refractivity contribution in [3.05, 3.63) is 41.2 Å². The van der Waals surface area contributed by atoms with Crippen molar-refractivity contribution in [1.82, 2.24) is 34.3 Å². The Labute approximate surface area is 172 Å². The molecular formula is C18H22ClF2N7O. The summed E-state index contributed by atoms with van der Waals surface area (Å²) in [6, 6.07) is 1.39. The summed E-state index contributed by atoms with van der Waals surface area (Å²) < 4.78 is 29.8. The second kappa shape index (κ2) is 8.02. The lowest BCUT2D eigenvalue weighted by atomic mass is 9.84. The topological polar surface area (TPSA) is 81.2 Å². The van der Waals surface area contributed by atoms with E-state index in [1.165, 1.54) is 16.9 Å². The Morgan fingerprint density at radius 3 is 2.76 bits per heavy atom. The fourth-order valence-corrected chi connectivity index (χ4v) is 3.85. The second-order valence-electron chi connectivity index (χ2n) is 7.30. The van der Waals surface area contributed by atoms with Gasteiger partial charge in [0.15, 0.2) is 0 Å². The molecule has 11 heteroatoms. The first kappa shape index (κ1) is 21.1. The van der Waals surface area contributed by atoms with E-state index in [1.54, 1.807) is 29.7 Å². The van der Waals surface area contributed by atoms with Crippen LogP contribution in [-0.4, -0.2) is 53.3 Å². The van der Waals surface area contributed by atoms with E-state index < -0.39 is 6.43 Å². The Kier molecular flexibility index (Phi) is 5.83. The van der Waals surface area contributed by atoms with E-state index in [0.717, 1.165) is 6.42 Å². The molecule has 156 valence electrons. The highest BCUT2D eigenvalue weighted by Crippen LogP contribution is 2.34. The minimum Gasteiger partial charge on any atom is -0.338 e. The van der Waals surface area contributed by atoms with Crippen LogP contribution in [0.5, 0.6) is 0 Å². The van der Waals surface area contributed by atoms with Crippen LogP contribution < -0.4 is 0 Å². The Hall–Kier alpha value is -2.62. The van der Waals surface area contributed by atoms with Crippen LogP contribution in [0.4, 0.5) is 8.78 Å². The summed E-state index contributed by atoms with van der Waals surface area (Å²) in [5.41, 5.74) is 1.51. The van der Waals surface area contributed by atoms with Gasteiger partial charge in [0, 0.05) is 32.3 Å². The van der Waals surface area contributed by atoms with E-state index in [1.807, 2.05) is 0 Å². The number of carbonyl (C=O) groups is 1. The summed E-state index contributed by atoms with van der Waals surface area (Å²) in [4.78, 5) is 22.6. The molecular weight excluding hydrogens is 404 g/mol. The van der Waals surface area contributed by atoms with Crippen molar-refractivity contribution in [2.75, 3.05) is 13.1 Å². The average molecular weight is 426 g/mol. The van der Waals surface area contributed by atoms with Gasteiger partial charge in [-0.25, -0.2) is 18.3 Å². The SMILES string of the molecule is Cc1nn(C)cc1C(=O)N1CC[C@@H](C)[C@H](c2cc(C(F)F)nc3ncnn23)C1.Cl. The van der Waals surface area contributed by atoms with Crippen molar-refractivity contribution in [2.24, 2.45) is 13.0 Å². The zero-order valence-corrected chi connectivity index (χ0v) is 17.1. The highest BCUT2D eigenvalue weighted by atomic mass is 35.5. The van der Waals surface area contributed by atoms with Crippen LogP contribution in [-0.2, 0) is 7.05 Å². The lowest BCUT2D eigenvalue weighted by Crippen LogP contribution is -2.42. The number of likely N-dealkylation sites (tertiary alicyclic amines) is 1. The van der Waals surface area contributed by atoms with Crippen LogP contribution in [0.15, 0.2) is 18.6 Å². The van der Waals surface area contributed by atoms with Gasteiger partial charge >= 0.3 is 0 Å². The summed E-state index contributed by atoms with van der Waals surface area (Å²) >= 11 is 0. The largest absolute Gasteiger partial charge is 0.338 e. The maximum absolute atomic E-state index is 13.3. The van der Waals surface area contributed by atoms with Gasteiger partial charge in [0.1, 0.15) is 12.0 Å². The maximum Gasteiger partial charge on any atom is 0.280 e. The third-order valence-electron chi connectivity index (χ3n) is 5.39. The number of aryl methyl sites for hydroxylation is 2. The number of rotatable bonds is 3. The molecule has 0 saturated carbocycles. The molecule has 29 heavy (non-hydrogen) atoms. The number of piperidine rings is 1. The number of fused-ring (bicyclic) bond motifs is 1. The summed E-state index contributed by atoms with van der Waals surface area (Å²) in [5.74, 6) is 0.0887. The first-order valence-corrected chi connectivity index (χ1v) is 9.13. The first-order chi connectivity index (χ1) is 13.3. The van der Waals surface area contributed by atoms with Gasteiger partial charge in [-0.1, -0.05) is 6.92 Å². The van der Waals surface area contributed by atoms with Crippen LogP contribution in [0.25, 0.3) is 5.78 Å². The molecule has 1 amide bonds. The number of nitrogens with zero attached hydrogens (tertiary/aromatic N) is 7. The highest BCUT2D eigenvalue weighted by molar-refractivity contribution is 5.95. The Bertz CT molecular complexity index is 1030. The minimum absolute atomic E-state index is 0. The van der Waals surface area contributed by atoms with E-state index in [0.29, 0.717) is 30.0 Å². The van der Waals surface area contributed by atoms with Crippen molar-refractivity contribution >= 4 is 24.1 Å². The molecule has 4 heterocycles. The minimum atomic E-state index is -2.70. The van der Waals surface area contributed by atoms with Crippen molar-refractivity contribution in [1.29, 1.82) is 0 Å². The molecule has 1 aliphatic heterocycles. The first-order valence-electron chi connectivity index (χ1n) is 9.13. The van der Waals surface area contributed by atoms with Gasteiger partial charge in [0.25, 0.3) is 18.1 Å². The Morgan fingerprint density at radius 1 is 1.34 bits per heavy atom. The molecule has 2 atom stereocenters. The molecule has 0 radical (unpaired) electrons. The monoisotopic (exact) mass is 425 g/mol. The number of alkyl halides is 2. The van der Waals surface area contributed by atoms with Crippen molar-refractivity contribution in [3.8, 4) is 0 Å².